The van der Waals surface area contributed by atoms with Crippen LogP contribution in [0.4, 0.5) is 5.69 Å². The van der Waals surface area contributed by atoms with Gasteiger partial charge in [-0.05, 0) is 40.8 Å². The number of methoxy groups -OCH3 is 1. The lowest BCUT2D eigenvalue weighted by Crippen LogP contribution is -2.14. The third kappa shape index (κ3) is 5.67. The fourth-order valence-corrected chi connectivity index (χ4v) is 2.94. The summed E-state index contributed by atoms with van der Waals surface area (Å²) >= 11 is 0. The van der Waals surface area contributed by atoms with E-state index in [0.29, 0.717) is 5.75 Å². The van der Waals surface area contributed by atoms with Gasteiger partial charge in [0.25, 0.3) is 0 Å². The van der Waals surface area contributed by atoms with Crippen LogP contribution in [0.15, 0.2) is 53.4 Å². The van der Waals surface area contributed by atoms with Crippen LogP contribution < -0.4 is 15.2 Å². The number of rotatable bonds is 5. The lowest BCUT2D eigenvalue weighted by atomic mass is 9.87. The molecule has 0 bridgehead atoms. The van der Waals surface area contributed by atoms with Crippen LogP contribution >= 0.6 is 0 Å². The number of amides is 1. The van der Waals surface area contributed by atoms with Gasteiger partial charge in [-0.2, -0.15) is 0 Å². The van der Waals surface area contributed by atoms with Crippen molar-refractivity contribution in [3.05, 3.63) is 59.7 Å². The summed E-state index contributed by atoms with van der Waals surface area (Å²) in [6, 6.07) is 11.9. The Balaban J connectivity index is 2.16. The van der Waals surface area contributed by atoms with Gasteiger partial charge < -0.3 is 10.1 Å². The summed E-state index contributed by atoms with van der Waals surface area (Å²) in [6.07, 6.45) is 3.05. The van der Waals surface area contributed by atoms with E-state index in [1.165, 1.54) is 36.9 Å². The van der Waals surface area contributed by atoms with Gasteiger partial charge in [0, 0.05) is 6.08 Å². The number of sulfonamides is 1. The molecule has 0 aromatic heterocycles. The van der Waals surface area contributed by atoms with Gasteiger partial charge in [-0.25, -0.2) is 13.6 Å². The number of ether oxygens (including phenoxy) is 1. The summed E-state index contributed by atoms with van der Waals surface area (Å²) in [5.74, 6) is -0.0848. The first-order chi connectivity index (χ1) is 12.5. The van der Waals surface area contributed by atoms with Crippen LogP contribution in [-0.2, 0) is 20.2 Å². The molecule has 0 unspecified atom stereocenters. The molecule has 6 nitrogen and oxygen atoms in total. The average Bonchev–Trinajstić information content (AvgIpc) is 2.58. The number of carbonyl (C=O) groups excluding carboxylic acids is 1. The van der Waals surface area contributed by atoms with E-state index in [1.54, 1.807) is 6.08 Å². The van der Waals surface area contributed by atoms with Gasteiger partial charge in [-0.1, -0.05) is 45.0 Å². The predicted octanol–water partition coefficient (Wildman–Crippen LogP) is 3.29. The van der Waals surface area contributed by atoms with Crippen molar-refractivity contribution in [1.82, 2.24) is 0 Å². The molecule has 0 spiro atoms. The molecule has 27 heavy (non-hydrogen) atoms. The number of nitrogens with two attached hydrogens (primary N) is 1. The number of nitrogens with one attached hydrogen (secondary N) is 1. The first kappa shape index (κ1) is 20.7. The number of primary sulfonamides is 1. The minimum absolute atomic E-state index is 0.0600. The number of carbonyl (C=O) groups is 1. The molecular formula is C20H24N2O4S. The third-order valence-electron chi connectivity index (χ3n) is 3.96. The van der Waals surface area contributed by atoms with Gasteiger partial charge in [0.1, 0.15) is 5.75 Å². The Hall–Kier alpha value is -2.64. The second-order valence-corrected chi connectivity index (χ2v) is 8.66. The normalized spacial score (nSPS) is 12.2. The summed E-state index contributed by atoms with van der Waals surface area (Å²) in [6.45, 7) is 6.40. The quantitative estimate of drug-likeness (QED) is 0.768. The number of hydrogen-bond donors (Lipinski definition) is 2. The van der Waals surface area contributed by atoms with E-state index in [2.05, 4.69) is 26.1 Å². The van der Waals surface area contributed by atoms with Crippen molar-refractivity contribution < 1.29 is 17.9 Å². The van der Waals surface area contributed by atoms with E-state index < -0.39 is 15.9 Å². The van der Waals surface area contributed by atoms with Crippen molar-refractivity contribution in [2.75, 3.05) is 12.4 Å². The molecule has 0 fully saturated rings. The Labute approximate surface area is 160 Å². The molecule has 0 aliphatic carbocycles. The Morgan fingerprint density at radius 2 is 1.74 bits per heavy atom. The highest BCUT2D eigenvalue weighted by atomic mass is 32.2. The molecule has 2 aromatic carbocycles. The Bertz CT molecular complexity index is 956. The van der Waals surface area contributed by atoms with Crippen molar-refractivity contribution in [1.29, 1.82) is 0 Å². The molecule has 0 atom stereocenters. The van der Waals surface area contributed by atoms with Crippen LogP contribution in [0.25, 0.3) is 6.08 Å². The van der Waals surface area contributed by atoms with E-state index in [9.17, 15) is 13.2 Å². The Morgan fingerprint density at radius 1 is 1.11 bits per heavy atom. The van der Waals surface area contributed by atoms with E-state index in [4.69, 9.17) is 9.88 Å². The molecular weight excluding hydrogens is 364 g/mol. The van der Waals surface area contributed by atoms with Crippen molar-refractivity contribution >= 4 is 27.7 Å². The Kier molecular flexibility index (Phi) is 6.08. The van der Waals surface area contributed by atoms with Gasteiger partial charge >= 0.3 is 0 Å². The van der Waals surface area contributed by atoms with Gasteiger partial charge in [0.15, 0.2) is 0 Å². The van der Waals surface area contributed by atoms with E-state index in [-0.39, 0.29) is 16.0 Å². The molecule has 144 valence electrons. The van der Waals surface area contributed by atoms with Gasteiger partial charge in [-0.15, -0.1) is 0 Å². The van der Waals surface area contributed by atoms with E-state index in [0.717, 1.165) is 5.56 Å². The molecule has 0 heterocycles. The number of hydrogen-bond acceptors (Lipinski definition) is 4. The Morgan fingerprint density at radius 3 is 2.26 bits per heavy atom. The second kappa shape index (κ2) is 7.94. The maximum Gasteiger partial charge on any atom is 0.248 e. The predicted molar refractivity (Wildman–Crippen MR) is 107 cm³/mol. The van der Waals surface area contributed by atoms with Crippen molar-refractivity contribution in [2.45, 2.75) is 31.1 Å². The highest BCUT2D eigenvalue weighted by Gasteiger charge is 2.14. The summed E-state index contributed by atoms with van der Waals surface area (Å²) in [5.41, 5.74) is 2.36. The van der Waals surface area contributed by atoms with E-state index in [1.807, 2.05) is 24.3 Å². The minimum Gasteiger partial charge on any atom is -0.495 e. The van der Waals surface area contributed by atoms with Gasteiger partial charge in [-0.3, -0.25) is 4.79 Å². The molecule has 0 radical (unpaired) electrons. The number of anilines is 1. The van der Waals surface area contributed by atoms with Gasteiger partial charge in [0.05, 0.1) is 17.7 Å². The molecule has 0 aliphatic rings. The molecule has 0 saturated carbocycles. The minimum atomic E-state index is -3.88. The lowest BCUT2D eigenvalue weighted by Gasteiger charge is -2.18. The lowest BCUT2D eigenvalue weighted by molar-refractivity contribution is -0.111. The van der Waals surface area contributed by atoms with Crippen LogP contribution in [0.3, 0.4) is 0 Å². The van der Waals surface area contributed by atoms with Crippen LogP contribution in [0, 0.1) is 0 Å². The van der Waals surface area contributed by atoms with Gasteiger partial charge in [0.2, 0.25) is 15.9 Å². The van der Waals surface area contributed by atoms with Crippen LogP contribution in [0.2, 0.25) is 0 Å². The second-order valence-electron chi connectivity index (χ2n) is 7.10. The summed E-state index contributed by atoms with van der Waals surface area (Å²) in [7, 11) is -2.46. The molecule has 0 saturated heterocycles. The van der Waals surface area contributed by atoms with Crippen LogP contribution in [-0.4, -0.2) is 21.4 Å². The first-order valence-corrected chi connectivity index (χ1v) is 9.86. The summed E-state index contributed by atoms with van der Waals surface area (Å²) in [5, 5.41) is 7.74. The maximum atomic E-state index is 12.2. The van der Waals surface area contributed by atoms with Crippen LogP contribution in [0.5, 0.6) is 5.75 Å². The zero-order chi connectivity index (χ0) is 20.2. The standard InChI is InChI=1S/C20H24N2O4S/c1-20(2,3)15-8-5-14(6-9-15)7-12-19(23)22-17-13-16(27(21,24)25)10-11-18(17)26-4/h5-13H,1-4H3,(H,22,23)(H2,21,24,25)/b12-7+. The molecule has 0 aliphatic heterocycles. The topological polar surface area (TPSA) is 98.5 Å². The summed E-state index contributed by atoms with van der Waals surface area (Å²) < 4.78 is 28.1. The smallest absolute Gasteiger partial charge is 0.248 e. The largest absolute Gasteiger partial charge is 0.495 e. The van der Waals surface area contributed by atoms with E-state index >= 15 is 0 Å². The zero-order valence-electron chi connectivity index (χ0n) is 15.8. The molecule has 7 heteroatoms. The molecule has 2 rings (SSSR count). The molecule has 3 N–H and O–H groups in total. The SMILES string of the molecule is COc1ccc(S(N)(=O)=O)cc1NC(=O)/C=C/c1ccc(C(C)(C)C)cc1. The fraction of sp³-hybridized carbons (Fsp3) is 0.250. The third-order valence-corrected chi connectivity index (χ3v) is 4.87. The van der Waals surface area contributed by atoms with Crippen LogP contribution in [0.1, 0.15) is 31.9 Å². The van der Waals surface area contributed by atoms with Crippen molar-refractivity contribution in [3.8, 4) is 5.75 Å². The molecule has 1 amide bonds. The average molecular weight is 388 g/mol. The zero-order valence-corrected chi connectivity index (χ0v) is 16.6. The number of benzene rings is 2. The van der Waals surface area contributed by atoms with Crippen molar-refractivity contribution in [2.24, 2.45) is 5.14 Å². The fourth-order valence-electron chi connectivity index (χ4n) is 2.40. The monoisotopic (exact) mass is 388 g/mol. The highest BCUT2D eigenvalue weighted by molar-refractivity contribution is 7.89. The highest BCUT2D eigenvalue weighted by Crippen LogP contribution is 2.27. The first-order valence-electron chi connectivity index (χ1n) is 8.31. The molecule has 2 aromatic rings. The van der Waals surface area contributed by atoms with Crippen molar-refractivity contribution in [3.63, 3.8) is 0 Å². The maximum absolute atomic E-state index is 12.2. The summed E-state index contributed by atoms with van der Waals surface area (Å²) in [4.78, 5) is 12.1.